The van der Waals surface area contributed by atoms with Crippen molar-refractivity contribution in [3.05, 3.63) is 235 Å². The minimum absolute atomic E-state index is 0.111. The molecular formula is C55H45B2N3. The fraction of sp³-hybridized carbons (Fsp3) is 0.0545. The smallest absolute Gasteiger partial charge is 0.251 e. The van der Waals surface area contributed by atoms with E-state index >= 15 is 0 Å². The van der Waals surface area contributed by atoms with Crippen molar-refractivity contribution in [1.82, 2.24) is 0 Å². The Bertz CT molecular complexity index is 2770. The van der Waals surface area contributed by atoms with Crippen LogP contribution in [0.3, 0.4) is 0 Å². The van der Waals surface area contributed by atoms with Crippen LogP contribution in [0.15, 0.2) is 235 Å². The molecule has 3 nitrogen and oxygen atoms in total. The highest BCUT2D eigenvalue weighted by atomic mass is 15.2. The molecule has 0 aromatic heterocycles. The average Bonchev–Trinajstić information content (AvgIpc) is 3.29. The third-order valence-electron chi connectivity index (χ3n) is 11.6. The summed E-state index contributed by atoms with van der Waals surface area (Å²) in [6.07, 6.45) is 10.9. The second-order valence-electron chi connectivity index (χ2n) is 15.2. The quantitative estimate of drug-likeness (QED) is 0.101. The van der Waals surface area contributed by atoms with Crippen molar-refractivity contribution in [2.45, 2.75) is 20.8 Å². The topological polar surface area (TPSA) is 9.72 Å². The van der Waals surface area contributed by atoms with Gasteiger partial charge in [-0.25, -0.2) is 0 Å². The van der Waals surface area contributed by atoms with Gasteiger partial charge in [0.15, 0.2) is 0 Å². The summed E-state index contributed by atoms with van der Waals surface area (Å²) in [5, 5.41) is 0. The van der Waals surface area contributed by atoms with Crippen LogP contribution >= 0.6 is 0 Å². The molecule has 7 aromatic carbocycles. The number of nitrogens with zero attached hydrogens (tertiary/aromatic N) is 3. The molecule has 2 radical (unpaired) electrons. The van der Waals surface area contributed by atoms with E-state index in [0.29, 0.717) is 5.46 Å². The molecule has 60 heavy (non-hydrogen) atoms. The molecular weight excluding hydrogens is 724 g/mol. The van der Waals surface area contributed by atoms with Gasteiger partial charge in [0, 0.05) is 51.2 Å². The normalized spacial score (nSPS) is 13.5. The summed E-state index contributed by atoms with van der Waals surface area (Å²) >= 11 is 0. The Morgan fingerprint density at radius 3 is 1.72 bits per heavy atom. The summed E-state index contributed by atoms with van der Waals surface area (Å²) in [6, 6.07) is 62.3. The van der Waals surface area contributed by atoms with Gasteiger partial charge in [0.1, 0.15) is 7.85 Å². The number of hydrogen-bond donors (Lipinski definition) is 0. The predicted octanol–water partition coefficient (Wildman–Crippen LogP) is 12.2. The van der Waals surface area contributed by atoms with E-state index in [1.54, 1.807) is 0 Å². The predicted molar refractivity (Wildman–Crippen MR) is 259 cm³/mol. The third-order valence-corrected chi connectivity index (χ3v) is 11.6. The monoisotopic (exact) mass is 769 g/mol. The van der Waals surface area contributed by atoms with Crippen LogP contribution in [0.2, 0.25) is 0 Å². The van der Waals surface area contributed by atoms with Crippen LogP contribution in [0.5, 0.6) is 0 Å². The molecule has 0 saturated carbocycles. The second kappa shape index (κ2) is 16.6. The van der Waals surface area contributed by atoms with E-state index in [1.807, 2.05) is 12.1 Å². The van der Waals surface area contributed by atoms with Gasteiger partial charge in [0.2, 0.25) is 0 Å². The van der Waals surface area contributed by atoms with E-state index < -0.39 is 0 Å². The minimum atomic E-state index is -0.111. The molecule has 286 valence electrons. The first kappa shape index (κ1) is 38.3. The van der Waals surface area contributed by atoms with Crippen LogP contribution in [-0.4, -0.2) is 14.6 Å². The molecule has 0 aliphatic carbocycles. The van der Waals surface area contributed by atoms with Crippen molar-refractivity contribution in [3.63, 3.8) is 0 Å². The molecule has 2 heterocycles. The molecule has 0 atom stereocenters. The molecule has 0 unspecified atom stereocenters. The molecule has 2 aliphatic heterocycles. The zero-order chi connectivity index (χ0) is 41.2. The maximum atomic E-state index is 6.95. The van der Waals surface area contributed by atoms with Crippen molar-refractivity contribution in [2.75, 3.05) is 14.7 Å². The fourth-order valence-electron chi connectivity index (χ4n) is 8.86. The maximum Gasteiger partial charge on any atom is 0.251 e. The highest BCUT2D eigenvalue weighted by Crippen LogP contribution is 2.44. The van der Waals surface area contributed by atoms with Crippen molar-refractivity contribution in [3.8, 4) is 22.3 Å². The Hall–Kier alpha value is -7.23. The Kier molecular flexibility index (Phi) is 10.6. The van der Waals surface area contributed by atoms with E-state index in [4.69, 9.17) is 7.85 Å². The van der Waals surface area contributed by atoms with Gasteiger partial charge in [-0.05, 0) is 126 Å². The number of para-hydroxylation sites is 2. The minimum Gasteiger partial charge on any atom is -0.316 e. The summed E-state index contributed by atoms with van der Waals surface area (Å²) in [4.78, 5) is 7.00. The molecule has 0 spiro atoms. The van der Waals surface area contributed by atoms with E-state index in [0.717, 1.165) is 51.2 Å². The molecule has 9 rings (SSSR count). The SMILES string of the molecule is [B]c1cc2c3c(c1)N(c1ccc(-c4ccccc4)cc1)c1ccc(-c4ccccc4)cc1B3C(/C=C\C(=C)N(c1ccccc1)c1ccccc1)=C(C)N2C(/C=C\C)=C/C. The Labute approximate surface area is 356 Å². The van der Waals surface area contributed by atoms with Crippen molar-refractivity contribution >= 4 is 65.1 Å². The van der Waals surface area contributed by atoms with Crippen molar-refractivity contribution < 1.29 is 0 Å². The first-order chi connectivity index (χ1) is 29.4. The van der Waals surface area contributed by atoms with Gasteiger partial charge in [-0.2, -0.15) is 0 Å². The molecule has 5 heteroatoms. The van der Waals surface area contributed by atoms with E-state index in [-0.39, 0.29) is 6.71 Å². The highest BCUT2D eigenvalue weighted by Gasteiger charge is 2.43. The molecule has 0 amide bonds. The largest absolute Gasteiger partial charge is 0.316 e. The van der Waals surface area contributed by atoms with Crippen LogP contribution in [0.1, 0.15) is 20.8 Å². The number of rotatable bonds is 10. The lowest BCUT2D eigenvalue weighted by Crippen LogP contribution is -2.56. The van der Waals surface area contributed by atoms with Gasteiger partial charge in [-0.15, -0.1) is 0 Å². The van der Waals surface area contributed by atoms with E-state index in [9.17, 15) is 0 Å². The summed E-state index contributed by atoms with van der Waals surface area (Å²) < 4.78 is 0. The Balaban J connectivity index is 1.27. The Morgan fingerprint density at radius 2 is 1.13 bits per heavy atom. The number of allylic oxidation sites excluding steroid dienone is 7. The van der Waals surface area contributed by atoms with Crippen LogP contribution < -0.4 is 31.1 Å². The second-order valence-corrected chi connectivity index (χ2v) is 15.2. The lowest BCUT2D eigenvalue weighted by molar-refractivity contribution is 1.08. The first-order valence-corrected chi connectivity index (χ1v) is 20.6. The molecule has 0 saturated heterocycles. The van der Waals surface area contributed by atoms with Crippen LogP contribution in [-0.2, 0) is 0 Å². The molecule has 2 aliphatic rings. The Morgan fingerprint density at radius 1 is 0.600 bits per heavy atom. The fourth-order valence-corrected chi connectivity index (χ4v) is 8.86. The maximum absolute atomic E-state index is 6.95. The van der Waals surface area contributed by atoms with Crippen LogP contribution in [0, 0.1) is 0 Å². The van der Waals surface area contributed by atoms with Gasteiger partial charge in [-0.3, -0.25) is 0 Å². The highest BCUT2D eigenvalue weighted by molar-refractivity contribution is 6.95. The van der Waals surface area contributed by atoms with Crippen LogP contribution in [0.4, 0.5) is 34.1 Å². The summed E-state index contributed by atoms with van der Waals surface area (Å²) in [5.74, 6) is 0. The zero-order valence-electron chi connectivity index (χ0n) is 34.3. The summed E-state index contributed by atoms with van der Waals surface area (Å²) in [6.45, 7) is 11.0. The summed E-state index contributed by atoms with van der Waals surface area (Å²) in [7, 11) is 6.95. The first-order valence-electron chi connectivity index (χ1n) is 20.6. The molecule has 0 bridgehead atoms. The standard InChI is InChI=1S/C55H45B2N3/c1-5-19-46(6-2)59-40(4)50(34-28-39(3)58(47-24-15-9-16-25-47)48-26-17-10-18-27-48)57-51-36-44(42-22-13-8-14-23-42)31-35-52(51)60(54-38-45(56)37-53(59)55(54)57)49-32-29-43(30-33-49)41-20-11-7-12-21-41/h5-38H,3H2,1-2,4H3/b19-5-,34-28-,46-6+. The van der Waals surface area contributed by atoms with Crippen molar-refractivity contribution in [1.29, 1.82) is 0 Å². The molecule has 0 fully saturated rings. The molecule has 0 N–H and O–H groups in total. The third kappa shape index (κ3) is 7.03. The van der Waals surface area contributed by atoms with Gasteiger partial charge in [-0.1, -0.05) is 152 Å². The van der Waals surface area contributed by atoms with Crippen molar-refractivity contribution in [2.24, 2.45) is 0 Å². The van der Waals surface area contributed by atoms with E-state index in [1.165, 1.54) is 38.7 Å². The van der Waals surface area contributed by atoms with Gasteiger partial charge < -0.3 is 14.7 Å². The lowest BCUT2D eigenvalue weighted by atomic mass is 9.32. The average molecular weight is 770 g/mol. The van der Waals surface area contributed by atoms with Crippen LogP contribution in [0.25, 0.3) is 22.3 Å². The van der Waals surface area contributed by atoms with Gasteiger partial charge in [0.05, 0.1) is 0 Å². The summed E-state index contributed by atoms with van der Waals surface area (Å²) in [5.41, 5.74) is 18.5. The van der Waals surface area contributed by atoms with E-state index in [2.05, 4.69) is 236 Å². The zero-order valence-corrected chi connectivity index (χ0v) is 34.3. The number of hydrogen-bond acceptors (Lipinski definition) is 3. The van der Waals surface area contributed by atoms with Gasteiger partial charge >= 0.3 is 0 Å². The number of fused-ring (bicyclic) bond motifs is 2. The number of anilines is 6. The number of benzene rings is 7. The van der Waals surface area contributed by atoms with Gasteiger partial charge in [0.25, 0.3) is 6.71 Å². The molecule has 7 aromatic rings. The lowest BCUT2D eigenvalue weighted by Gasteiger charge is -2.45.